The molecule has 0 amide bonds. The molecule has 3 heteroatoms. The molecule has 0 N–H and O–H groups in total. The maximum Gasteiger partial charge on any atom is 0.136 e. The Morgan fingerprint density at radius 3 is 2.21 bits per heavy atom. The maximum absolute atomic E-state index is 14.1. The number of hydrogen-bond acceptors (Lipinski definition) is 1. The number of ketones is 1. The highest BCUT2D eigenvalue weighted by Gasteiger charge is 2.13. The van der Waals surface area contributed by atoms with Gasteiger partial charge in [0.1, 0.15) is 17.4 Å². The first kappa shape index (κ1) is 13.4. The number of Topliss-reactive ketones (excluding diaryl/α,β-unsaturated/α-hetero) is 1. The number of hydrogen-bond donors (Lipinski definition) is 0. The molecule has 1 nitrogen and oxygen atoms in total. The van der Waals surface area contributed by atoms with Crippen molar-refractivity contribution in [3.05, 3.63) is 59.7 Å². The predicted molar refractivity (Wildman–Crippen MR) is 70.9 cm³/mol. The minimum absolute atomic E-state index is 0.00562. The number of rotatable bonds is 3. The minimum Gasteiger partial charge on any atom is -0.299 e. The molecule has 0 radical (unpaired) electrons. The molecule has 0 aromatic heterocycles. The first-order chi connectivity index (χ1) is 8.99. The first-order valence-electron chi connectivity index (χ1n) is 6.05. The first-order valence-corrected chi connectivity index (χ1v) is 6.05. The van der Waals surface area contributed by atoms with Gasteiger partial charge in [0, 0.05) is 11.5 Å². The molecule has 0 aliphatic heterocycles. The topological polar surface area (TPSA) is 17.1 Å². The summed E-state index contributed by atoms with van der Waals surface area (Å²) in [5.41, 5.74) is 1.66. The van der Waals surface area contributed by atoms with Crippen molar-refractivity contribution >= 4 is 5.78 Å². The van der Waals surface area contributed by atoms with Gasteiger partial charge in [0.15, 0.2) is 0 Å². The average molecular weight is 260 g/mol. The molecule has 1 unspecified atom stereocenters. The van der Waals surface area contributed by atoms with E-state index < -0.39 is 5.82 Å². The number of carbonyl (C=O) groups excluding carboxylic acids is 1. The van der Waals surface area contributed by atoms with Crippen LogP contribution in [0.5, 0.6) is 0 Å². The van der Waals surface area contributed by atoms with Gasteiger partial charge in [-0.15, -0.1) is 0 Å². The van der Waals surface area contributed by atoms with Gasteiger partial charge in [0.05, 0.1) is 0 Å². The summed E-state index contributed by atoms with van der Waals surface area (Å²) < 4.78 is 26.9. The van der Waals surface area contributed by atoms with E-state index in [1.807, 2.05) is 0 Å². The van der Waals surface area contributed by atoms with Crippen LogP contribution in [0.3, 0.4) is 0 Å². The summed E-state index contributed by atoms with van der Waals surface area (Å²) in [4.78, 5) is 11.3. The fourth-order valence-electron chi connectivity index (χ4n) is 1.90. The summed E-state index contributed by atoms with van der Waals surface area (Å²) in [6.07, 6.45) is 0. The summed E-state index contributed by atoms with van der Waals surface area (Å²) >= 11 is 0. The smallest absolute Gasteiger partial charge is 0.136 e. The second-order valence-electron chi connectivity index (χ2n) is 4.58. The summed E-state index contributed by atoms with van der Waals surface area (Å²) in [6.45, 7) is 3.23. The monoisotopic (exact) mass is 260 g/mol. The molecule has 98 valence electrons. The third-order valence-electron chi connectivity index (χ3n) is 3.26. The van der Waals surface area contributed by atoms with Gasteiger partial charge in [-0.2, -0.15) is 0 Å². The highest BCUT2D eigenvalue weighted by molar-refractivity contribution is 5.83. The van der Waals surface area contributed by atoms with Crippen LogP contribution in [-0.2, 0) is 4.79 Å². The molecule has 0 fully saturated rings. The quantitative estimate of drug-likeness (QED) is 0.803. The molecule has 0 saturated heterocycles. The maximum atomic E-state index is 14.1. The molecule has 0 saturated carbocycles. The van der Waals surface area contributed by atoms with E-state index in [1.165, 1.54) is 37.3 Å². The largest absolute Gasteiger partial charge is 0.299 e. The number of halogens is 2. The van der Waals surface area contributed by atoms with Gasteiger partial charge in [0.25, 0.3) is 0 Å². The third-order valence-corrected chi connectivity index (χ3v) is 3.26. The van der Waals surface area contributed by atoms with E-state index in [4.69, 9.17) is 0 Å². The lowest BCUT2D eigenvalue weighted by Gasteiger charge is -2.10. The molecule has 0 spiro atoms. The SMILES string of the molecule is CC(=O)C(C)c1ccc(-c2ccc(F)cc2)c(F)c1. The van der Waals surface area contributed by atoms with Crippen molar-refractivity contribution in [2.45, 2.75) is 19.8 Å². The second-order valence-corrected chi connectivity index (χ2v) is 4.58. The van der Waals surface area contributed by atoms with Crippen molar-refractivity contribution in [3.8, 4) is 11.1 Å². The Morgan fingerprint density at radius 2 is 1.68 bits per heavy atom. The molecule has 0 heterocycles. The van der Waals surface area contributed by atoms with Gasteiger partial charge in [0.2, 0.25) is 0 Å². The van der Waals surface area contributed by atoms with Crippen molar-refractivity contribution in [2.75, 3.05) is 0 Å². The van der Waals surface area contributed by atoms with Crippen molar-refractivity contribution in [2.24, 2.45) is 0 Å². The van der Waals surface area contributed by atoms with Crippen LogP contribution in [0.25, 0.3) is 11.1 Å². The third kappa shape index (κ3) is 2.87. The van der Waals surface area contributed by atoms with E-state index in [9.17, 15) is 13.6 Å². The van der Waals surface area contributed by atoms with Crippen LogP contribution in [0.1, 0.15) is 25.3 Å². The molecule has 0 aliphatic carbocycles. The van der Waals surface area contributed by atoms with E-state index in [0.717, 1.165) is 0 Å². The molecule has 2 rings (SSSR count). The van der Waals surface area contributed by atoms with Gasteiger partial charge < -0.3 is 0 Å². The van der Waals surface area contributed by atoms with Crippen LogP contribution in [0.2, 0.25) is 0 Å². The Morgan fingerprint density at radius 1 is 1.05 bits per heavy atom. The van der Waals surface area contributed by atoms with Crippen molar-refractivity contribution in [3.63, 3.8) is 0 Å². The molecular formula is C16H14F2O. The fourth-order valence-corrected chi connectivity index (χ4v) is 1.90. The van der Waals surface area contributed by atoms with E-state index in [1.54, 1.807) is 19.1 Å². The van der Waals surface area contributed by atoms with Crippen molar-refractivity contribution in [1.82, 2.24) is 0 Å². The summed E-state index contributed by atoms with van der Waals surface area (Å²) in [5.74, 6) is -1.09. The van der Waals surface area contributed by atoms with Crippen molar-refractivity contribution in [1.29, 1.82) is 0 Å². The molecular weight excluding hydrogens is 246 g/mol. The van der Waals surface area contributed by atoms with Crippen LogP contribution in [-0.4, -0.2) is 5.78 Å². The average Bonchev–Trinajstić information content (AvgIpc) is 2.39. The molecule has 19 heavy (non-hydrogen) atoms. The van der Waals surface area contributed by atoms with Gasteiger partial charge in [-0.3, -0.25) is 4.79 Å². The lowest BCUT2D eigenvalue weighted by atomic mass is 9.94. The van der Waals surface area contributed by atoms with Crippen LogP contribution in [0, 0.1) is 11.6 Å². The van der Waals surface area contributed by atoms with Gasteiger partial charge >= 0.3 is 0 Å². The molecule has 2 aromatic rings. The lowest BCUT2D eigenvalue weighted by molar-refractivity contribution is -0.118. The molecule has 2 aromatic carbocycles. The molecule has 0 bridgehead atoms. The number of benzene rings is 2. The Bertz CT molecular complexity index is 603. The van der Waals surface area contributed by atoms with Crippen molar-refractivity contribution < 1.29 is 13.6 Å². The molecule has 0 aliphatic rings. The Hall–Kier alpha value is -2.03. The zero-order chi connectivity index (χ0) is 14.0. The zero-order valence-electron chi connectivity index (χ0n) is 10.8. The molecule has 1 atom stereocenters. The highest BCUT2D eigenvalue weighted by atomic mass is 19.1. The van der Waals surface area contributed by atoms with Gasteiger partial charge in [-0.05, 0) is 36.2 Å². The highest BCUT2D eigenvalue weighted by Crippen LogP contribution is 2.26. The Kier molecular flexibility index (Phi) is 3.74. The fraction of sp³-hybridized carbons (Fsp3) is 0.188. The predicted octanol–water partition coefficient (Wildman–Crippen LogP) is 4.32. The van der Waals surface area contributed by atoms with E-state index >= 15 is 0 Å². The summed E-state index contributed by atoms with van der Waals surface area (Å²) in [6, 6.07) is 10.4. The second kappa shape index (κ2) is 5.31. The Labute approximate surface area is 110 Å². The van der Waals surface area contributed by atoms with E-state index in [0.29, 0.717) is 16.7 Å². The van der Waals surface area contributed by atoms with Gasteiger partial charge in [-0.1, -0.05) is 31.2 Å². The van der Waals surface area contributed by atoms with Crippen LogP contribution in [0.15, 0.2) is 42.5 Å². The zero-order valence-corrected chi connectivity index (χ0v) is 10.8. The summed E-state index contributed by atoms with van der Waals surface area (Å²) in [7, 11) is 0. The van der Waals surface area contributed by atoms with Crippen LogP contribution < -0.4 is 0 Å². The normalized spacial score (nSPS) is 12.2. The van der Waals surface area contributed by atoms with Gasteiger partial charge in [-0.25, -0.2) is 8.78 Å². The Balaban J connectivity index is 2.39. The van der Waals surface area contributed by atoms with Crippen LogP contribution >= 0.6 is 0 Å². The minimum atomic E-state index is -0.405. The van der Waals surface area contributed by atoms with E-state index in [-0.39, 0.29) is 17.5 Å². The summed E-state index contributed by atoms with van der Waals surface area (Å²) in [5, 5.41) is 0. The van der Waals surface area contributed by atoms with Crippen LogP contribution in [0.4, 0.5) is 8.78 Å². The lowest BCUT2D eigenvalue weighted by Crippen LogP contribution is -2.04. The van der Waals surface area contributed by atoms with E-state index in [2.05, 4.69) is 0 Å². The standard InChI is InChI=1S/C16H14F2O/c1-10(11(2)19)13-5-8-15(16(18)9-13)12-3-6-14(17)7-4-12/h3-10H,1-2H3. The number of carbonyl (C=O) groups is 1.